The zero-order valence-corrected chi connectivity index (χ0v) is 16.3. The first-order chi connectivity index (χ1) is 12.6. The normalized spacial score (nSPS) is 10.9. The van der Waals surface area contributed by atoms with E-state index in [-0.39, 0.29) is 11.8 Å². The molecule has 2 aromatic carbocycles. The van der Waals surface area contributed by atoms with Gasteiger partial charge in [-0.25, -0.2) is 4.98 Å². The van der Waals surface area contributed by atoms with Gasteiger partial charge in [0.2, 0.25) is 5.91 Å². The molecule has 26 heavy (non-hydrogen) atoms. The van der Waals surface area contributed by atoms with Crippen molar-refractivity contribution in [1.29, 1.82) is 0 Å². The maximum absolute atomic E-state index is 12.0. The van der Waals surface area contributed by atoms with Gasteiger partial charge >= 0.3 is 0 Å². The molecule has 3 rings (SSSR count). The Morgan fingerprint density at radius 3 is 2.23 bits per heavy atom. The van der Waals surface area contributed by atoms with Crippen molar-refractivity contribution in [2.75, 3.05) is 5.32 Å². The van der Waals surface area contributed by atoms with Gasteiger partial charge in [0.15, 0.2) is 5.13 Å². The molecule has 0 radical (unpaired) electrons. The van der Waals surface area contributed by atoms with E-state index in [0.29, 0.717) is 5.13 Å². The lowest BCUT2D eigenvalue weighted by molar-refractivity contribution is -0.118. The number of anilines is 1. The predicted molar refractivity (Wildman–Crippen MR) is 110 cm³/mol. The number of benzene rings is 2. The van der Waals surface area contributed by atoms with Gasteiger partial charge in [-0.3, -0.25) is 4.79 Å². The van der Waals surface area contributed by atoms with Crippen molar-refractivity contribution in [2.24, 2.45) is 5.92 Å². The van der Waals surface area contributed by atoms with Crippen LogP contribution in [0.3, 0.4) is 0 Å². The van der Waals surface area contributed by atoms with Crippen LogP contribution in [0.5, 0.6) is 0 Å². The van der Waals surface area contributed by atoms with E-state index in [2.05, 4.69) is 48.6 Å². The highest BCUT2D eigenvalue weighted by Gasteiger charge is 2.15. The highest BCUT2D eigenvalue weighted by Crippen LogP contribution is 2.33. The fourth-order valence-electron chi connectivity index (χ4n) is 2.73. The average Bonchev–Trinajstić information content (AvgIpc) is 3.05. The summed E-state index contributed by atoms with van der Waals surface area (Å²) in [6.07, 6.45) is 2.01. The molecule has 0 fully saturated rings. The van der Waals surface area contributed by atoms with E-state index in [9.17, 15) is 4.79 Å². The van der Waals surface area contributed by atoms with Gasteiger partial charge in [0, 0.05) is 16.4 Å². The van der Waals surface area contributed by atoms with Gasteiger partial charge in [-0.2, -0.15) is 0 Å². The molecular weight excluding hydrogens is 340 g/mol. The second kappa shape index (κ2) is 8.28. The topological polar surface area (TPSA) is 42.0 Å². The average molecular weight is 365 g/mol. The minimum Gasteiger partial charge on any atom is -0.302 e. The molecule has 1 amide bonds. The SMILES string of the molecule is CCCc1sc(NC(=O)C(C)C)nc1-c1ccc(-c2ccccc2)cc1. The van der Waals surface area contributed by atoms with Crippen molar-refractivity contribution in [2.45, 2.75) is 33.6 Å². The summed E-state index contributed by atoms with van der Waals surface area (Å²) in [6.45, 7) is 5.94. The lowest BCUT2D eigenvalue weighted by Crippen LogP contribution is -2.17. The summed E-state index contributed by atoms with van der Waals surface area (Å²) in [7, 11) is 0. The molecule has 0 spiro atoms. The molecule has 0 aliphatic heterocycles. The van der Waals surface area contributed by atoms with E-state index in [1.54, 1.807) is 11.3 Å². The molecule has 3 aromatic rings. The third kappa shape index (κ3) is 4.20. The van der Waals surface area contributed by atoms with Crippen LogP contribution < -0.4 is 5.32 Å². The molecule has 0 atom stereocenters. The number of nitrogens with one attached hydrogen (secondary N) is 1. The number of carbonyl (C=O) groups is 1. The minimum atomic E-state index is -0.0536. The molecule has 0 aliphatic carbocycles. The molecule has 1 heterocycles. The first kappa shape index (κ1) is 18.3. The molecule has 0 saturated carbocycles. The molecular formula is C22H24N2OS. The summed E-state index contributed by atoms with van der Waals surface area (Å²) in [5, 5.41) is 3.63. The summed E-state index contributed by atoms with van der Waals surface area (Å²) in [6, 6.07) is 18.8. The quantitative estimate of drug-likeness (QED) is 0.581. The second-order valence-electron chi connectivity index (χ2n) is 6.63. The van der Waals surface area contributed by atoms with Gasteiger partial charge in [0.05, 0.1) is 5.69 Å². The number of amides is 1. The van der Waals surface area contributed by atoms with E-state index < -0.39 is 0 Å². The van der Waals surface area contributed by atoms with Gasteiger partial charge < -0.3 is 5.32 Å². The van der Waals surface area contributed by atoms with Crippen molar-refractivity contribution >= 4 is 22.4 Å². The maximum Gasteiger partial charge on any atom is 0.228 e. The highest BCUT2D eigenvalue weighted by molar-refractivity contribution is 7.16. The van der Waals surface area contributed by atoms with Crippen LogP contribution in [-0.2, 0) is 11.2 Å². The van der Waals surface area contributed by atoms with Gasteiger partial charge in [0.1, 0.15) is 0 Å². The van der Waals surface area contributed by atoms with Crippen molar-refractivity contribution in [3.05, 3.63) is 59.5 Å². The molecule has 0 saturated heterocycles. The molecule has 0 unspecified atom stereocenters. The summed E-state index contributed by atoms with van der Waals surface area (Å²) in [5.41, 5.74) is 4.47. The van der Waals surface area contributed by atoms with E-state index in [0.717, 1.165) is 24.1 Å². The Kier molecular flexibility index (Phi) is 5.84. The third-order valence-electron chi connectivity index (χ3n) is 4.19. The van der Waals surface area contributed by atoms with Crippen molar-refractivity contribution in [3.63, 3.8) is 0 Å². The molecule has 0 bridgehead atoms. The first-order valence-electron chi connectivity index (χ1n) is 9.05. The molecule has 1 aromatic heterocycles. The van der Waals surface area contributed by atoms with Crippen molar-refractivity contribution in [1.82, 2.24) is 4.98 Å². The third-order valence-corrected chi connectivity index (χ3v) is 5.22. The smallest absolute Gasteiger partial charge is 0.228 e. The maximum atomic E-state index is 12.0. The summed E-state index contributed by atoms with van der Waals surface area (Å²) in [5.74, 6) is -0.0464. The van der Waals surface area contributed by atoms with Crippen LogP contribution >= 0.6 is 11.3 Å². The number of aromatic nitrogens is 1. The first-order valence-corrected chi connectivity index (χ1v) is 9.86. The second-order valence-corrected chi connectivity index (χ2v) is 7.71. The number of rotatable bonds is 6. The van der Waals surface area contributed by atoms with E-state index >= 15 is 0 Å². The number of hydrogen-bond donors (Lipinski definition) is 1. The predicted octanol–water partition coefficient (Wildman–Crippen LogP) is 6.02. The molecule has 3 nitrogen and oxygen atoms in total. The van der Waals surface area contributed by atoms with E-state index in [1.807, 2.05) is 32.0 Å². The monoisotopic (exact) mass is 364 g/mol. The Balaban J connectivity index is 1.89. The summed E-state index contributed by atoms with van der Waals surface area (Å²) in [4.78, 5) is 17.9. The number of carbonyl (C=O) groups excluding carboxylic acids is 1. The van der Waals surface area contributed by atoms with Crippen LogP contribution in [0.15, 0.2) is 54.6 Å². The van der Waals surface area contributed by atoms with Crippen LogP contribution in [0.2, 0.25) is 0 Å². The largest absolute Gasteiger partial charge is 0.302 e. The Morgan fingerprint density at radius 2 is 1.62 bits per heavy atom. The van der Waals surface area contributed by atoms with E-state index in [4.69, 9.17) is 4.98 Å². The Labute approximate surface area is 159 Å². The minimum absolute atomic E-state index is 0.00720. The van der Waals surface area contributed by atoms with Crippen LogP contribution in [0.25, 0.3) is 22.4 Å². The fourth-order valence-corrected chi connectivity index (χ4v) is 3.82. The Hall–Kier alpha value is -2.46. The molecule has 4 heteroatoms. The summed E-state index contributed by atoms with van der Waals surface area (Å²) >= 11 is 1.58. The van der Waals surface area contributed by atoms with Gasteiger partial charge in [0.25, 0.3) is 0 Å². The number of nitrogens with zero attached hydrogens (tertiary/aromatic N) is 1. The fraction of sp³-hybridized carbons (Fsp3) is 0.273. The zero-order chi connectivity index (χ0) is 18.5. The van der Waals surface area contributed by atoms with Crippen LogP contribution in [-0.4, -0.2) is 10.9 Å². The van der Waals surface area contributed by atoms with Crippen LogP contribution in [0, 0.1) is 5.92 Å². The zero-order valence-electron chi connectivity index (χ0n) is 15.5. The standard InChI is InChI=1S/C22H24N2OS/c1-4-8-19-20(23-22(26-19)24-21(25)15(2)3)18-13-11-17(12-14-18)16-9-6-5-7-10-16/h5-7,9-15H,4,8H2,1-3H3,(H,23,24,25). The highest BCUT2D eigenvalue weighted by atomic mass is 32.1. The van der Waals surface area contributed by atoms with Gasteiger partial charge in [-0.15, -0.1) is 11.3 Å². The molecule has 0 aliphatic rings. The van der Waals surface area contributed by atoms with Gasteiger partial charge in [-0.05, 0) is 17.5 Å². The lowest BCUT2D eigenvalue weighted by Gasteiger charge is -2.05. The van der Waals surface area contributed by atoms with E-state index in [1.165, 1.54) is 16.0 Å². The van der Waals surface area contributed by atoms with Crippen molar-refractivity contribution in [3.8, 4) is 22.4 Å². The van der Waals surface area contributed by atoms with Gasteiger partial charge in [-0.1, -0.05) is 81.8 Å². The van der Waals surface area contributed by atoms with Crippen LogP contribution in [0.1, 0.15) is 32.1 Å². The lowest BCUT2D eigenvalue weighted by atomic mass is 10.0. The van der Waals surface area contributed by atoms with Crippen molar-refractivity contribution < 1.29 is 4.79 Å². The number of aryl methyl sites for hydroxylation is 1. The molecule has 1 N–H and O–H groups in total. The number of hydrogen-bond acceptors (Lipinski definition) is 3. The Morgan fingerprint density at radius 1 is 1.00 bits per heavy atom. The van der Waals surface area contributed by atoms with Crippen LogP contribution in [0.4, 0.5) is 5.13 Å². The summed E-state index contributed by atoms with van der Waals surface area (Å²) < 4.78 is 0. The Bertz CT molecular complexity index is 867. The number of thiazole rings is 1. The molecule has 134 valence electrons.